The minimum Gasteiger partial charge on any atom is -0.479 e. The Balaban J connectivity index is 1.52. The van der Waals surface area contributed by atoms with Crippen LogP contribution in [0.3, 0.4) is 0 Å². The van der Waals surface area contributed by atoms with Crippen molar-refractivity contribution >= 4 is 23.5 Å². The van der Waals surface area contributed by atoms with Gasteiger partial charge in [0.2, 0.25) is 0 Å². The minimum atomic E-state index is -2.10. The summed E-state index contributed by atoms with van der Waals surface area (Å²) in [5.41, 5.74) is 4.28. The molecule has 11 heteroatoms. The van der Waals surface area contributed by atoms with E-state index >= 15 is 0 Å². The van der Waals surface area contributed by atoms with Gasteiger partial charge in [-0.15, -0.1) is 0 Å². The fourth-order valence-corrected chi connectivity index (χ4v) is 3.66. The maximum Gasteiger partial charge on any atom is 0.336 e. The van der Waals surface area contributed by atoms with E-state index in [4.69, 9.17) is 11.6 Å². The number of aliphatic hydroxyl groups is 1. The van der Waals surface area contributed by atoms with Crippen molar-refractivity contribution in [3.05, 3.63) is 89.5 Å². The lowest BCUT2D eigenvalue weighted by Crippen LogP contribution is -2.52. The predicted molar refractivity (Wildman–Crippen MR) is 133 cm³/mol. The Labute approximate surface area is 211 Å². The lowest BCUT2D eigenvalue weighted by atomic mass is 10.0. The first-order valence-corrected chi connectivity index (χ1v) is 11.3. The molecule has 0 fully saturated rings. The monoisotopic (exact) mass is 506 g/mol. The zero-order valence-corrected chi connectivity index (χ0v) is 20.0. The number of halogens is 1. The van der Waals surface area contributed by atoms with E-state index < -0.39 is 17.5 Å². The second kappa shape index (κ2) is 10.6. The van der Waals surface area contributed by atoms with E-state index in [0.29, 0.717) is 16.4 Å². The van der Waals surface area contributed by atoms with Gasteiger partial charge in [0.1, 0.15) is 17.1 Å². The Kier molecular flexibility index (Phi) is 7.39. The largest absolute Gasteiger partial charge is 0.479 e. The van der Waals surface area contributed by atoms with Gasteiger partial charge in [0.05, 0.1) is 12.7 Å². The fourth-order valence-electron chi connectivity index (χ4n) is 3.47. The Morgan fingerprint density at radius 2 is 1.86 bits per heavy atom. The number of carboxylic acid groups (broad SMARTS) is 1. The van der Waals surface area contributed by atoms with Crippen LogP contribution in [0.2, 0.25) is 5.02 Å². The molecule has 10 nitrogen and oxygen atoms in total. The normalized spacial score (nSPS) is 12.8. The van der Waals surface area contributed by atoms with Crippen LogP contribution in [0, 0.1) is 0 Å². The van der Waals surface area contributed by atoms with Crippen LogP contribution in [0.4, 0.5) is 0 Å². The molecule has 0 aliphatic carbocycles. The molecule has 0 aliphatic rings. The lowest BCUT2D eigenvalue weighted by molar-refractivity contribution is -0.159. The first kappa shape index (κ1) is 25.0. The van der Waals surface area contributed by atoms with Crippen molar-refractivity contribution < 1.29 is 19.8 Å². The molecule has 0 aliphatic heterocycles. The molecule has 184 valence electrons. The molecule has 0 saturated heterocycles. The summed E-state index contributed by atoms with van der Waals surface area (Å²) in [6.07, 6.45) is 4.55. The summed E-state index contributed by atoms with van der Waals surface area (Å²) in [5.74, 6) is -1.97. The molecule has 1 amide bonds. The van der Waals surface area contributed by atoms with Gasteiger partial charge in [-0.3, -0.25) is 25.3 Å². The second-order valence-electron chi connectivity index (χ2n) is 8.34. The molecule has 4 aromatic rings. The van der Waals surface area contributed by atoms with E-state index in [2.05, 4.69) is 25.6 Å². The third kappa shape index (κ3) is 6.11. The molecular weight excluding hydrogens is 484 g/mol. The standard InChI is InChI=1S/C25H23ClN6O4/c1-25(36,24(34)35)15-32(14-16-5-7-17(8-6-16)18-3-2-4-19(26)11-18)31-23(33)21-12-20(29-30-21)22-13-27-9-10-28-22/h2-13,36H,14-15H2,1H3,(H,29,30)(H,31,33)(H,34,35). The lowest BCUT2D eigenvalue weighted by Gasteiger charge is -2.29. The number of nitrogens with one attached hydrogen (secondary N) is 2. The fraction of sp³-hybridized carbons (Fsp3) is 0.160. The van der Waals surface area contributed by atoms with Gasteiger partial charge in [-0.25, -0.2) is 9.80 Å². The molecule has 0 spiro atoms. The van der Waals surface area contributed by atoms with E-state index in [9.17, 15) is 19.8 Å². The maximum absolute atomic E-state index is 12.9. The van der Waals surface area contributed by atoms with Crippen LogP contribution in [0.25, 0.3) is 22.5 Å². The number of carbonyl (C=O) groups excluding carboxylic acids is 1. The van der Waals surface area contributed by atoms with Gasteiger partial charge in [-0.1, -0.05) is 48.0 Å². The number of hydrogen-bond donors (Lipinski definition) is 4. The average Bonchev–Trinajstić information content (AvgIpc) is 3.35. The number of hydrogen-bond acceptors (Lipinski definition) is 7. The first-order chi connectivity index (χ1) is 17.2. The number of carbonyl (C=O) groups is 2. The third-order valence-corrected chi connectivity index (χ3v) is 5.59. The van der Waals surface area contributed by atoms with Gasteiger partial charge >= 0.3 is 5.97 Å². The number of benzene rings is 2. The van der Waals surface area contributed by atoms with Gasteiger partial charge in [-0.05, 0) is 41.8 Å². The number of rotatable bonds is 9. The molecule has 1 unspecified atom stereocenters. The summed E-state index contributed by atoms with van der Waals surface area (Å²) in [7, 11) is 0. The highest BCUT2D eigenvalue weighted by Gasteiger charge is 2.33. The summed E-state index contributed by atoms with van der Waals surface area (Å²) in [4.78, 5) is 32.6. The average molecular weight is 507 g/mol. The van der Waals surface area contributed by atoms with Crippen LogP contribution in [-0.4, -0.2) is 59.4 Å². The molecule has 0 radical (unpaired) electrons. The number of aromatic nitrogens is 4. The van der Waals surface area contributed by atoms with E-state index in [1.807, 2.05) is 42.5 Å². The number of nitrogens with zero attached hydrogens (tertiary/aromatic N) is 4. The number of H-pyrrole nitrogens is 1. The minimum absolute atomic E-state index is 0.131. The Morgan fingerprint density at radius 1 is 1.08 bits per heavy atom. The van der Waals surface area contributed by atoms with Crippen LogP contribution >= 0.6 is 11.6 Å². The predicted octanol–water partition coefficient (Wildman–Crippen LogP) is 3.17. The molecule has 0 saturated carbocycles. The quantitative estimate of drug-likeness (QED) is 0.253. The van der Waals surface area contributed by atoms with Crippen molar-refractivity contribution in [2.24, 2.45) is 0 Å². The van der Waals surface area contributed by atoms with Crippen LogP contribution in [0.1, 0.15) is 23.0 Å². The van der Waals surface area contributed by atoms with Crippen LogP contribution in [0.5, 0.6) is 0 Å². The highest BCUT2D eigenvalue weighted by atomic mass is 35.5. The summed E-state index contributed by atoms with van der Waals surface area (Å²) in [6.45, 7) is 0.935. The van der Waals surface area contributed by atoms with Crippen LogP contribution in [0.15, 0.2) is 73.2 Å². The van der Waals surface area contributed by atoms with Crippen molar-refractivity contribution in [3.8, 4) is 22.5 Å². The summed E-state index contributed by atoms with van der Waals surface area (Å²) < 4.78 is 0. The van der Waals surface area contributed by atoms with E-state index in [-0.39, 0.29) is 18.8 Å². The molecule has 1 atom stereocenters. The van der Waals surface area contributed by atoms with E-state index in [1.54, 1.807) is 6.07 Å². The molecule has 4 N–H and O–H groups in total. The van der Waals surface area contributed by atoms with E-state index in [1.165, 1.54) is 36.6 Å². The van der Waals surface area contributed by atoms with Gasteiger partial charge < -0.3 is 10.2 Å². The third-order valence-electron chi connectivity index (χ3n) is 5.35. The number of hydrazine groups is 1. The Hall–Kier alpha value is -4.12. The number of aromatic amines is 1. The highest BCUT2D eigenvalue weighted by molar-refractivity contribution is 6.30. The molecule has 4 rings (SSSR count). The zero-order valence-electron chi connectivity index (χ0n) is 19.2. The van der Waals surface area contributed by atoms with Gasteiger partial charge in [0, 0.05) is 24.0 Å². The highest BCUT2D eigenvalue weighted by Crippen LogP contribution is 2.23. The topological polar surface area (TPSA) is 144 Å². The maximum atomic E-state index is 12.9. The van der Waals surface area contributed by atoms with Gasteiger partial charge in [0.25, 0.3) is 5.91 Å². The van der Waals surface area contributed by atoms with Crippen molar-refractivity contribution in [1.82, 2.24) is 30.6 Å². The smallest absolute Gasteiger partial charge is 0.336 e. The first-order valence-electron chi connectivity index (χ1n) is 10.9. The van der Waals surface area contributed by atoms with E-state index in [0.717, 1.165) is 16.7 Å². The van der Waals surface area contributed by atoms with Crippen LogP contribution in [-0.2, 0) is 11.3 Å². The summed E-state index contributed by atoms with van der Waals surface area (Å²) in [6, 6.07) is 16.5. The molecular formula is C25H23ClN6O4. The molecule has 2 heterocycles. The van der Waals surface area contributed by atoms with Crippen molar-refractivity contribution in [3.63, 3.8) is 0 Å². The number of amides is 1. The van der Waals surface area contributed by atoms with Crippen molar-refractivity contribution in [2.75, 3.05) is 6.54 Å². The SMILES string of the molecule is CC(O)(CN(Cc1ccc(-c2cccc(Cl)c2)cc1)NC(=O)c1cc(-c2cnccn2)n[nH]1)C(=O)O. The molecule has 36 heavy (non-hydrogen) atoms. The van der Waals surface area contributed by atoms with Crippen molar-refractivity contribution in [1.29, 1.82) is 0 Å². The zero-order chi connectivity index (χ0) is 25.7. The Morgan fingerprint density at radius 3 is 2.53 bits per heavy atom. The van der Waals surface area contributed by atoms with Crippen molar-refractivity contribution in [2.45, 2.75) is 19.1 Å². The molecule has 2 aromatic carbocycles. The van der Waals surface area contributed by atoms with Gasteiger partial charge in [0.15, 0.2) is 5.60 Å². The van der Waals surface area contributed by atoms with Gasteiger partial charge in [-0.2, -0.15) is 5.10 Å². The summed E-state index contributed by atoms with van der Waals surface area (Å²) in [5, 5.41) is 28.4. The summed E-state index contributed by atoms with van der Waals surface area (Å²) >= 11 is 6.09. The molecule has 2 aromatic heterocycles. The molecule has 0 bridgehead atoms. The number of carboxylic acids is 1. The Bertz CT molecular complexity index is 1360. The van der Waals surface area contributed by atoms with Crippen LogP contribution < -0.4 is 5.43 Å². The second-order valence-corrected chi connectivity index (χ2v) is 8.78. The number of aliphatic carboxylic acids is 1.